The van der Waals surface area contributed by atoms with E-state index in [2.05, 4.69) is 10.1 Å². The minimum atomic E-state index is -4.43. The van der Waals surface area contributed by atoms with Gasteiger partial charge < -0.3 is 14.8 Å². The molecule has 1 amide bonds. The van der Waals surface area contributed by atoms with Crippen molar-refractivity contribution in [3.63, 3.8) is 0 Å². The normalized spacial score (nSPS) is 19.6. The molecule has 1 heterocycles. The van der Waals surface area contributed by atoms with E-state index in [0.717, 1.165) is 0 Å². The van der Waals surface area contributed by atoms with Crippen LogP contribution in [-0.2, 0) is 14.3 Å². The van der Waals surface area contributed by atoms with E-state index in [1.165, 1.54) is 0 Å². The molecular formula is C10H15ClF3NO3. The monoisotopic (exact) mass is 289 g/mol. The fraction of sp³-hybridized carbons (Fsp3) is 0.900. The molecule has 1 aliphatic heterocycles. The van der Waals surface area contributed by atoms with Crippen LogP contribution in [0.4, 0.5) is 13.2 Å². The van der Waals surface area contributed by atoms with Gasteiger partial charge in [-0.3, -0.25) is 4.79 Å². The van der Waals surface area contributed by atoms with E-state index in [9.17, 15) is 18.0 Å². The average molecular weight is 290 g/mol. The molecule has 0 aromatic carbocycles. The summed E-state index contributed by atoms with van der Waals surface area (Å²) >= 11 is 5.80. The minimum Gasteiger partial charge on any atom is -0.381 e. The summed E-state index contributed by atoms with van der Waals surface area (Å²) in [4.78, 5) is 11.5. The molecule has 0 aliphatic carbocycles. The second kappa shape index (κ2) is 6.58. The number of carbonyl (C=O) groups is 1. The Hall–Kier alpha value is -0.530. The van der Waals surface area contributed by atoms with Gasteiger partial charge in [0.25, 0.3) is 0 Å². The third kappa shape index (κ3) is 5.41. The van der Waals surface area contributed by atoms with Crippen molar-refractivity contribution in [2.24, 2.45) is 0 Å². The van der Waals surface area contributed by atoms with Gasteiger partial charge in [-0.2, -0.15) is 13.2 Å². The molecule has 0 spiro atoms. The van der Waals surface area contributed by atoms with Gasteiger partial charge in [-0.1, -0.05) is 0 Å². The smallest absolute Gasteiger partial charge is 0.381 e. The summed E-state index contributed by atoms with van der Waals surface area (Å²) < 4.78 is 44.9. The van der Waals surface area contributed by atoms with Crippen molar-refractivity contribution in [1.82, 2.24) is 5.32 Å². The number of hydrogen-bond donors (Lipinski definition) is 1. The SMILES string of the molecule is O=C(COCC(F)(F)F)NC1(CCl)CCOCC1. The van der Waals surface area contributed by atoms with E-state index in [4.69, 9.17) is 16.3 Å². The second-order valence-electron chi connectivity index (χ2n) is 4.18. The zero-order valence-electron chi connectivity index (χ0n) is 9.69. The van der Waals surface area contributed by atoms with E-state index in [1.54, 1.807) is 0 Å². The Morgan fingerprint density at radius 1 is 1.39 bits per heavy atom. The highest BCUT2D eigenvalue weighted by Crippen LogP contribution is 2.22. The Morgan fingerprint density at radius 2 is 2.00 bits per heavy atom. The van der Waals surface area contributed by atoms with Gasteiger partial charge in [-0.05, 0) is 12.8 Å². The number of hydrogen-bond acceptors (Lipinski definition) is 3. The zero-order valence-corrected chi connectivity index (χ0v) is 10.4. The molecule has 0 saturated carbocycles. The van der Waals surface area contributed by atoms with E-state index in [-0.39, 0.29) is 5.88 Å². The molecule has 1 aliphatic rings. The number of alkyl halides is 4. The lowest BCUT2D eigenvalue weighted by Gasteiger charge is -2.36. The number of amides is 1. The number of rotatable bonds is 5. The molecule has 1 rings (SSSR count). The fourth-order valence-electron chi connectivity index (χ4n) is 1.65. The molecule has 0 bridgehead atoms. The van der Waals surface area contributed by atoms with Crippen LogP contribution in [0.2, 0.25) is 0 Å². The molecule has 1 N–H and O–H groups in total. The third-order valence-corrected chi connectivity index (χ3v) is 3.12. The van der Waals surface area contributed by atoms with Crippen molar-refractivity contribution < 1.29 is 27.4 Å². The topological polar surface area (TPSA) is 47.6 Å². The van der Waals surface area contributed by atoms with Crippen LogP contribution in [0.3, 0.4) is 0 Å². The molecule has 0 aromatic heterocycles. The first-order valence-corrected chi connectivity index (χ1v) is 6.00. The van der Waals surface area contributed by atoms with Crippen LogP contribution in [0, 0.1) is 0 Å². The molecule has 4 nitrogen and oxygen atoms in total. The summed E-state index contributed by atoms with van der Waals surface area (Å²) in [6.07, 6.45) is -3.34. The maximum absolute atomic E-state index is 11.8. The Balaban J connectivity index is 2.33. The average Bonchev–Trinajstić information content (AvgIpc) is 2.28. The fourth-order valence-corrected chi connectivity index (χ4v) is 1.98. The van der Waals surface area contributed by atoms with Crippen LogP contribution in [-0.4, -0.2) is 49.9 Å². The largest absolute Gasteiger partial charge is 0.411 e. The van der Waals surface area contributed by atoms with Crippen LogP contribution in [0.15, 0.2) is 0 Å². The van der Waals surface area contributed by atoms with E-state index in [1.807, 2.05) is 0 Å². The lowest BCUT2D eigenvalue weighted by Crippen LogP contribution is -2.54. The third-order valence-electron chi connectivity index (χ3n) is 2.61. The van der Waals surface area contributed by atoms with Crippen LogP contribution < -0.4 is 5.32 Å². The van der Waals surface area contributed by atoms with Crippen molar-refractivity contribution in [2.45, 2.75) is 24.6 Å². The van der Waals surface area contributed by atoms with Gasteiger partial charge in [0.2, 0.25) is 5.91 Å². The van der Waals surface area contributed by atoms with Gasteiger partial charge in [0.15, 0.2) is 0 Å². The molecule has 8 heteroatoms. The predicted molar refractivity (Wildman–Crippen MR) is 58.5 cm³/mol. The minimum absolute atomic E-state index is 0.196. The maximum Gasteiger partial charge on any atom is 0.411 e. The molecule has 0 aromatic rings. The number of ether oxygens (including phenoxy) is 2. The van der Waals surface area contributed by atoms with Gasteiger partial charge >= 0.3 is 6.18 Å². The van der Waals surface area contributed by atoms with E-state index in [0.29, 0.717) is 26.1 Å². The molecule has 0 atom stereocenters. The predicted octanol–water partition coefficient (Wildman–Crippen LogP) is 1.47. The summed E-state index contributed by atoms with van der Waals surface area (Å²) in [6.45, 7) is -1.12. The first kappa shape index (κ1) is 15.5. The number of carbonyl (C=O) groups excluding carboxylic acids is 1. The molecule has 0 radical (unpaired) electrons. The number of halogens is 4. The van der Waals surface area contributed by atoms with E-state index < -0.39 is 30.8 Å². The van der Waals surface area contributed by atoms with Crippen molar-refractivity contribution in [1.29, 1.82) is 0 Å². The summed E-state index contributed by atoms with van der Waals surface area (Å²) in [5.74, 6) is -0.400. The van der Waals surface area contributed by atoms with Crippen LogP contribution in [0.5, 0.6) is 0 Å². The molecule has 1 fully saturated rings. The quantitative estimate of drug-likeness (QED) is 0.780. The van der Waals surface area contributed by atoms with Crippen molar-refractivity contribution in [2.75, 3.05) is 32.3 Å². The summed E-state index contributed by atoms with van der Waals surface area (Å²) in [5, 5.41) is 2.63. The second-order valence-corrected chi connectivity index (χ2v) is 4.45. The highest BCUT2D eigenvalue weighted by molar-refractivity contribution is 6.18. The molecule has 1 saturated heterocycles. The standard InChI is InChI=1S/C10H15ClF3NO3/c11-6-9(1-3-17-4-2-9)15-8(16)5-18-7-10(12,13)14/h1-7H2,(H,15,16). The Bertz CT molecular complexity index is 280. The van der Waals surface area contributed by atoms with Crippen LogP contribution in [0.25, 0.3) is 0 Å². The molecule has 18 heavy (non-hydrogen) atoms. The van der Waals surface area contributed by atoms with Gasteiger partial charge in [-0.25, -0.2) is 0 Å². The van der Waals surface area contributed by atoms with Gasteiger partial charge in [0.05, 0.1) is 5.54 Å². The Morgan fingerprint density at radius 3 is 2.50 bits per heavy atom. The highest BCUT2D eigenvalue weighted by Gasteiger charge is 2.34. The molecule has 106 valence electrons. The van der Waals surface area contributed by atoms with Gasteiger partial charge in [0, 0.05) is 19.1 Å². The van der Waals surface area contributed by atoms with Crippen molar-refractivity contribution >= 4 is 17.5 Å². The highest BCUT2D eigenvalue weighted by atomic mass is 35.5. The van der Waals surface area contributed by atoms with Crippen LogP contribution in [0.1, 0.15) is 12.8 Å². The first-order chi connectivity index (χ1) is 8.37. The summed E-state index contributed by atoms with van der Waals surface area (Å²) in [7, 11) is 0. The first-order valence-electron chi connectivity index (χ1n) is 5.46. The lowest BCUT2D eigenvalue weighted by atomic mass is 9.92. The summed E-state index contributed by atoms with van der Waals surface area (Å²) in [5.41, 5.74) is -0.599. The Kier molecular flexibility index (Phi) is 5.68. The lowest BCUT2D eigenvalue weighted by molar-refractivity contribution is -0.176. The van der Waals surface area contributed by atoms with Crippen molar-refractivity contribution in [3.8, 4) is 0 Å². The molecule has 0 unspecified atom stereocenters. The maximum atomic E-state index is 11.8. The van der Waals surface area contributed by atoms with Gasteiger partial charge in [-0.15, -0.1) is 11.6 Å². The van der Waals surface area contributed by atoms with Gasteiger partial charge in [0.1, 0.15) is 13.2 Å². The molecular weight excluding hydrogens is 275 g/mol. The summed E-state index contributed by atoms with van der Waals surface area (Å²) in [6, 6.07) is 0. The Labute approximate surface area is 108 Å². The van der Waals surface area contributed by atoms with Crippen LogP contribution >= 0.6 is 11.6 Å². The van der Waals surface area contributed by atoms with Crippen molar-refractivity contribution in [3.05, 3.63) is 0 Å². The number of nitrogens with one attached hydrogen (secondary N) is 1. The van der Waals surface area contributed by atoms with E-state index >= 15 is 0 Å². The zero-order chi connectivity index (χ0) is 13.6.